The van der Waals surface area contributed by atoms with Crippen LogP contribution in [0.25, 0.3) is 22.6 Å². The van der Waals surface area contributed by atoms with Crippen LogP contribution >= 0.6 is 8.25 Å². The van der Waals surface area contributed by atoms with Crippen molar-refractivity contribution in [2.24, 2.45) is 0 Å². The molecular formula is C16H15N5O7P+. The van der Waals surface area contributed by atoms with Crippen LogP contribution in [0.4, 0.5) is 5.95 Å². The van der Waals surface area contributed by atoms with Gasteiger partial charge in [-0.15, -0.1) is 9.05 Å². The normalized spacial score (nSPS) is 28.0. The fraction of sp³-hybridized carbons (Fsp3) is 0.312. The monoisotopic (exact) mass is 420 g/mol. The minimum absolute atomic E-state index is 0.00353. The second-order valence-corrected chi connectivity index (χ2v) is 7.54. The number of phenols is 1. The Morgan fingerprint density at radius 3 is 2.79 bits per heavy atom. The largest absolute Gasteiger partial charge is 0.697 e. The van der Waals surface area contributed by atoms with Crippen LogP contribution in [0, 0.1) is 0 Å². The average molecular weight is 420 g/mol. The van der Waals surface area contributed by atoms with E-state index >= 15 is 0 Å². The molecule has 5 atom stereocenters. The first-order valence-electron chi connectivity index (χ1n) is 8.60. The van der Waals surface area contributed by atoms with Gasteiger partial charge < -0.3 is 20.7 Å². The molecule has 2 aliphatic heterocycles. The summed E-state index contributed by atoms with van der Waals surface area (Å²) in [5, 5.41) is 20.4. The molecule has 0 amide bonds. The van der Waals surface area contributed by atoms with Gasteiger partial charge in [-0.3, -0.25) is 14.3 Å². The summed E-state index contributed by atoms with van der Waals surface area (Å²) in [5.74, 6) is 0.180. The third kappa shape index (κ3) is 2.89. The van der Waals surface area contributed by atoms with E-state index in [-0.39, 0.29) is 35.3 Å². The van der Waals surface area contributed by atoms with Crippen LogP contribution < -0.4 is 11.3 Å². The molecular weight excluding hydrogens is 405 g/mol. The Hall–Kier alpha value is -2.89. The van der Waals surface area contributed by atoms with Crippen molar-refractivity contribution in [1.82, 2.24) is 19.5 Å². The highest BCUT2D eigenvalue weighted by Crippen LogP contribution is 2.44. The first-order valence-corrected chi connectivity index (χ1v) is 9.69. The van der Waals surface area contributed by atoms with Gasteiger partial charge >= 0.3 is 8.25 Å². The van der Waals surface area contributed by atoms with Crippen LogP contribution in [0.2, 0.25) is 0 Å². The zero-order chi connectivity index (χ0) is 20.3. The van der Waals surface area contributed by atoms with Crippen LogP contribution in [0.3, 0.4) is 0 Å². The van der Waals surface area contributed by atoms with Crippen molar-refractivity contribution in [3.63, 3.8) is 0 Å². The lowest BCUT2D eigenvalue weighted by Gasteiger charge is -2.19. The summed E-state index contributed by atoms with van der Waals surface area (Å²) in [6, 6.07) is 6.10. The minimum Gasteiger partial charge on any atom is -0.508 e. The summed E-state index contributed by atoms with van der Waals surface area (Å²) in [5.41, 5.74) is 5.78. The first kappa shape index (κ1) is 18.2. The van der Waals surface area contributed by atoms with Crippen molar-refractivity contribution in [3.8, 4) is 17.1 Å². The number of aliphatic hydroxyl groups is 1. The molecule has 5 N–H and O–H groups in total. The van der Waals surface area contributed by atoms with Gasteiger partial charge in [-0.1, -0.05) is 0 Å². The van der Waals surface area contributed by atoms with Crippen LogP contribution in [0.1, 0.15) is 6.23 Å². The number of nitrogens with zero attached hydrogens (tertiary/aromatic N) is 3. The zero-order valence-corrected chi connectivity index (χ0v) is 15.5. The van der Waals surface area contributed by atoms with Crippen LogP contribution in [0.5, 0.6) is 5.75 Å². The number of hydrogen-bond acceptors (Lipinski definition) is 10. The molecule has 29 heavy (non-hydrogen) atoms. The number of H-pyrrole nitrogens is 1. The quantitative estimate of drug-likeness (QED) is 0.425. The van der Waals surface area contributed by atoms with E-state index in [0.717, 1.165) is 0 Å². The van der Waals surface area contributed by atoms with E-state index in [1.54, 1.807) is 12.1 Å². The van der Waals surface area contributed by atoms with Gasteiger partial charge in [0.2, 0.25) is 5.95 Å². The lowest BCUT2D eigenvalue weighted by atomic mass is 10.1. The van der Waals surface area contributed by atoms with Crippen LogP contribution in [0.15, 0.2) is 29.1 Å². The molecule has 5 rings (SSSR count). The third-order valence-electron chi connectivity index (χ3n) is 4.81. The minimum atomic E-state index is -2.36. The van der Waals surface area contributed by atoms with Crippen molar-refractivity contribution < 1.29 is 28.6 Å². The topological polar surface area (TPSA) is 175 Å². The van der Waals surface area contributed by atoms with E-state index in [0.29, 0.717) is 5.56 Å². The lowest BCUT2D eigenvalue weighted by Crippen LogP contribution is -2.37. The number of hydrogen-bond donors (Lipinski definition) is 4. The summed E-state index contributed by atoms with van der Waals surface area (Å²) in [6.07, 6.45) is -3.86. The Morgan fingerprint density at radius 2 is 2.03 bits per heavy atom. The summed E-state index contributed by atoms with van der Waals surface area (Å²) >= 11 is 0. The first-order chi connectivity index (χ1) is 13.9. The summed E-state index contributed by atoms with van der Waals surface area (Å²) in [6.45, 7) is -0.0231. The molecule has 12 nitrogen and oxygen atoms in total. The number of nitrogens with two attached hydrogens (primary N) is 1. The highest BCUT2D eigenvalue weighted by Gasteiger charge is 2.55. The molecule has 0 aliphatic carbocycles. The maximum absolute atomic E-state index is 12.4. The van der Waals surface area contributed by atoms with Gasteiger partial charge in [0.25, 0.3) is 5.56 Å². The number of aliphatic hydroxyl groups excluding tert-OH is 1. The molecule has 2 aliphatic rings. The van der Waals surface area contributed by atoms with E-state index in [2.05, 4.69) is 15.0 Å². The average Bonchev–Trinajstić information content (AvgIpc) is 3.21. The molecule has 3 unspecified atom stereocenters. The number of nitrogen functional groups attached to an aromatic ring is 1. The number of anilines is 1. The summed E-state index contributed by atoms with van der Waals surface area (Å²) in [7, 11) is -2.36. The van der Waals surface area contributed by atoms with Gasteiger partial charge in [0.15, 0.2) is 23.5 Å². The van der Waals surface area contributed by atoms with Gasteiger partial charge in [-0.2, -0.15) is 4.98 Å². The Balaban J connectivity index is 1.71. The predicted molar refractivity (Wildman–Crippen MR) is 98.0 cm³/mol. The van der Waals surface area contributed by atoms with E-state index in [4.69, 9.17) is 19.5 Å². The molecule has 0 saturated carbocycles. The highest BCUT2D eigenvalue weighted by atomic mass is 31.1. The number of aromatic amines is 1. The molecule has 1 aromatic carbocycles. The summed E-state index contributed by atoms with van der Waals surface area (Å²) < 4.78 is 29.1. The zero-order valence-electron chi connectivity index (χ0n) is 14.6. The second-order valence-electron chi connectivity index (χ2n) is 6.62. The number of rotatable bonds is 2. The molecule has 4 heterocycles. The van der Waals surface area contributed by atoms with Gasteiger partial charge in [0.05, 0.1) is 0 Å². The number of phenolic OH excluding ortho intramolecular Hbond substituents is 1. The number of fused-ring (bicyclic) bond motifs is 2. The Morgan fingerprint density at radius 1 is 1.28 bits per heavy atom. The number of aromatic hydroxyl groups is 1. The Labute approximate surface area is 162 Å². The molecule has 2 fully saturated rings. The Kier molecular flexibility index (Phi) is 4.12. The smallest absolute Gasteiger partial charge is 0.508 e. The number of aromatic nitrogens is 4. The second kappa shape index (κ2) is 6.58. The number of benzene rings is 1. The molecule has 2 saturated heterocycles. The van der Waals surface area contributed by atoms with Gasteiger partial charge in [0, 0.05) is 10.1 Å². The van der Waals surface area contributed by atoms with E-state index in [1.807, 2.05) is 0 Å². The molecule has 0 radical (unpaired) electrons. The van der Waals surface area contributed by atoms with Crippen molar-refractivity contribution in [2.75, 3.05) is 12.3 Å². The van der Waals surface area contributed by atoms with Crippen LogP contribution in [-0.2, 0) is 18.3 Å². The molecule has 150 valence electrons. The standard InChI is InChI=1S/C16H14N5O7P/c17-16-19-13-9(14(24)20-16)18-12(6-1-3-7(22)4-2-6)21(13)15-10(23)11-8(27-15)5-26-29(25)28-11/h1-4,8,10-11,15,23H,5H2,(H3-,17,18,19,20,22,24)/p+1/t8?,10?,11-,15-/m1/s1. The highest BCUT2D eigenvalue weighted by molar-refractivity contribution is 7.33. The number of imidazole rings is 1. The molecule has 0 bridgehead atoms. The van der Waals surface area contributed by atoms with Crippen molar-refractivity contribution in [2.45, 2.75) is 24.5 Å². The maximum atomic E-state index is 12.4. The predicted octanol–water partition coefficient (Wildman–Crippen LogP) is 0.405. The molecule has 3 aromatic rings. The Bertz CT molecular complexity index is 1180. The number of nitrogens with one attached hydrogen (secondary N) is 1. The van der Waals surface area contributed by atoms with E-state index in [1.165, 1.54) is 16.7 Å². The number of ether oxygens (including phenoxy) is 1. The van der Waals surface area contributed by atoms with Crippen molar-refractivity contribution in [1.29, 1.82) is 0 Å². The van der Waals surface area contributed by atoms with E-state index < -0.39 is 38.4 Å². The van der Waals surface area contributed by atoms with Gasteiger partial charge in [-0.05, 0) is 24.3 Å². The molecule has 13 heteroatoms. The van der Waals surface area contributed by atoms with Crippen LogP contribution in [-0.4, -0.2) is 54.7 Å². The fourth-order valence-electron chi connectivity index (χ4n) is 3.52. The molecule has 0 spiro atoms. The fourth-order valence-corrected chi connectivity index (χ4v) is 4.31. The lowest BCUT2D eigenvalue weighted by molar-refractivity contribution is -0.0546. The van der Waals surface area contributed by atoms with Gasteiger partial charge in [0.1, 0.15) is 30.4 Å². The van der Waals surface area contributed by atoms with Crippen molar-refractivity contribution >= 4 is 25.4 Å². The molecule has 2 aromatic heterocycles. The summed E-state index contributed by atoms with van der Waals surface area (Å²) in [4.78, 5) is 23.3. The SMILES string of the molecule is Nc1nc2c(nc(-c3ccc(O)cc3)n2[C@@H]2OC3CO[P+](=O)O[C@H]3C2O)c(=O)[nH]1. The third-order valence-corrected chi connectivity index (χ3v) is 5.59. The van der Waals surface area contributed by atoms with Crippen molar-refractivity contribution in [3.05, 3.63) is 34.6 Å². The maximum Gasteiger partial charge on any atom is 0.697 e. The van der Waals surface area contributed by atoms with Gasteiger partial charge in [-0.25, -0.2) is 4.98 Å². The van der Waals surface area contributed by atoms with E-state index in [9.17, 15) is 19.6 Å².